The summed E-state index contributed by atoms with van der Waals surface area (Å²) in [5, 5.41) is 0. The molecule has 146 valence electrons. The van der Waals surface area contributed by atoms with Gasteiger partial charge in [0, 0.05) is 11.3 Å². The van der Waals surface area contributed by atoms with Crippen LogP contribution in [-0.4, -0.2) is 24.6 Å². The van der Waals surface area contributed by atoms with E-state index in [2.05, 4.69) is 46.4 Å². The molecule has 0 bridgehead atoms. The van der Waals surface area contributed by atoms with Crippen molar-refractivity contribution >= 4 is 0 Å². The summed E-state index contributed by atoms with van der Waals surface area (Å²) in [6, 6.07) is 10.3. The van der Waals surface area contributed by atoms with Crippen molar-refractivity contribution in [2.75, 3.05) is 6.61 Å². The molecule has 4 atom stereocenters. The van der Waals surface area contributed by atoms with Crippen molar-refractivity contribution in [3.8, 4) is 0 Å². The van der Waals surface area contributed by atoms with E-state index in [1.54, 1.807) is 0 Å². The molecule has 1 fully saturated rings. The Bertz CT molecular complexity index is 564. The molecule has 1 saturated heterocycles. The number of allylic oxidation sites excluding steroid dienone is 1. The second-order valence-corrected chi connectivity index (χ2v) is 8.85. The van der Waals surface area contributed by atoms with Crippen LogP contribution in [0.2, 0.25) is 0 Å². The summed E-state index contributed by atoms with van der Waals surface area (Å²) in [6.45, 7) is 18.1. The van der Waals surface area contributed by atoms with E-state index >= 15 is 0 Å². The average Bonchev–Trinajstić information content (AvgIpc) is 2.57. The van der Waals surface area contributed by atoms with E-state index in [1.165, 1.54) is 5.56 Å². The predicted octanol–water partition coefficient (Wildman–Crippen LogP) is 5.60. The molecular weight excluding hydrogens is 324 g/mol. The van der Waals surface area contributed by atoms with Gasteiger partial charge in [-0.15, -0.1) is 6.58 Å². The van der Waals surface area contributed by atoms with Crippen LogP contribution in [0, 0.1) is 17.3 Å². The fourth-order valence-electron chi connectivity index (χ4n) is 4.04. The predicted molar refractivity (Wildman–Crippen MR) is 107 cm³/mol. The first-order chi connectivity index (χ1) is 12.2. The number of ether oxygens (including phenoxy) is 3. The molecule has 0 aliphatic carbocycles. The molecule has 0 N–H and O–H groups in total. The highest BCUT2D eigenvalue weighted by Crippen LogP contribution is 2.42. The minimum atomic E-state index is -0.589. The van der Waals surface area contributed by atoms with E-state index in [0.717, 1.165) is 6.42 Å². The normalized spacial score (nSPS) is 27.1. The SMILES string of the molecule is C=CC[C@H](C)[C@@H]1OC(C)(C)O[C@@H](C(C)(C)COCc2ccccc2)[C@@H]1C. The summed E-state index contributed by atoms with van der Waals surface area (Å²) in [6.07, 6.45) is 3.14. The van der Waals surface area contributed by atoms with Gasteiger partial charge >= 0.3 is 0 Å². The lowest BCUT2D eigenvalue weighted by molar-refractivity contribution is -0.345. The summed E-state index contributed by atoms with van der Waals surface area (Å²) in [4.78, 5) is 0. The summed E-state index contributed by atoms with van der Waals surface area (Å²) >= 11 is 0. The largest absolute Gasteiger partial charge is 0.376 e. The highest BCUT2D eigenvalue weighted by atomic mass is 16.7. The fourth-order valence-corrected chi connectivity index (χ4v) is 4.04. The van der Waals surface area contributed by atoms with Gasteiger partial charge in [-0.25, -0.2) is 0 Å². The Balaban J connectivity index is 2.05. The molecule has 0 amide bonds. The molecule has 0 saturated carbocycles. The summed E-state index contributed by atoms with van der Waals surface area (Å²) in [7, 11) is 0. The molecule has 0 radical (unpaired) electrons. The molecule has 1 aromatic rings. The van der Waals surface area contributed by atoms with Crippen LogP contribution in [0.5, 0.6) is 0 Å². The van der Waals surface area contributed by atoms with E-state index in [9.17, 15) is 0 Å². The van der Waals surface area contributed by atoms with Crippen molar-refractivity contribution in [3.63, 3.8) is 0 Å². The maximum atomic E-state index is 6.38. The topological polar surface area (TPSA) is 27.7 Å². The Labute approximate surface area is 159 Å². The zero-order valence-electron chi connectivity index (χ0n) is 17.3. The van der Waals surface area contributed by atoms with E-state index in [1.807, 2.05) is 38.1 Å². The second kappa shape index (κ2) is 8.69. The van der Waals surface area contributed by atoms with Crippen molar-refractivity contribution in [2.24, 2.45) is 17.3 Å². The molecule has 1 aromatic carbocycles. The second-order valence-electron chi connectivity index (χ2n) is 8.85. The lowest BCUT2D eigenvalue weighted by Gasteiger charge is -2.51. The quantitative estimate of drug-likeness (QED) is 0.565. The van der Waals surface area contributed by atoms with Gasteiger partial charge in [0.25, 0.3) is 0 Å². The molecule has 0 aromatic heterocycles. The molecule has 0 unspecified atom stereocenters. The van der Waals surface area contributed by atoms with Gasteiger partial charge in [0.15, 0.2) is 5.79 Å². The Morgan fingerprint density at radius 3 is 2.50 bits per heavy atom. The van der Waals surface area contributed by atoms with Gasteiger partial charge in [0.05, 0.1) is 25.4 Å². The Morgan fingerprint density at radius 2 is 1.88 bits per heavy atom. The first-order valence-corrected chi connectivity index (χ1v) is 9.74. The molecule has 1 heterocycles. The molecule has 3 heteroatoms. The summed E-state index contributed by atoms with van der Waals surface area (Å²) < 4.78 is 18.7. The van der Waals surface area contributed by atoms with Crippen molar-refractivity contribution in [1.29, 1.82) is 0 Å². The number of rotatable bonds is 8. The summed E-state index contributed by atoms with van der Waals surface area (Å²) in [5.41, 5.74) is 1.09. The lowest BCUT2D eigenvalue weighted by atomic mass is 9.74. The van der Waals surface area contributed by atoms with E-state index in [-0.39, 0.29) is 23.5 Å². The van der Waals surface area contributed by atoms with Gasteiger partial charge in [0.1, 0.15) is 0 Å². The van der Waals surface area contributed by atoms with E-state index in [4.69, 9.17) is 14.2 Å². The molecule has 1 aliphatic rings. The molecular formula is C23H36O3. The van der Waals surface area contributed by atoms with Crippen molar-refractivity contribution in [1.82, 2.24) is 0 Å². The van der Waals surface area contributed by atoms with Gasteiger partial charge in [-0.3, -0.25) is 0 Å². The van der Waals surface area contributed by atoms with Gasteiger partial charge in [-0.05, 0) is 31.7 Å². The third-order valence-corrected chi connectivity index (χ3v) is 5.28. The van der Waals surface area contributed by atoms with E-state index < -0.39 is 5.79 Å². The van der Waals surface area contributed by atoms with Gasteiger partial charge < -0.3 is 14.2 Å². The van der Waals surface area contributed by atoms with Crippen LogP contribution in [0.1, 0.15) is 53.5 Å². The highest BCUT2D eigenvalue weighted by molar-refractivity contribution is 5.13. The smallest absolute Gasteiger partial charge is 0.163 e. The van der Waals surface area contributed by atoms with Crippen molar-refractivity contribution in [3.05, 3.63) is 48.6 Å². The average molecular weight is 361 g/mol. The third kappa shape index (κ3) is 5.42. The van der Waals surface area contributed by atoms with Crippen LogP contribution in [0.3, 0.4) is 0 Å². The molecule has 1 aliphatic heterocycles. The first-order valence-electron chi connectivity index (χ1n) is 9.74. The maximum absolute atomic E-state index is 6.38. The number of benzene rings is 1. The molecule has 2 rings (SSSR count). The highest BCUT2D eigenvalue weighted by Gasteiger charge is 2.48. The van der Waals surface area contributed by atoms with Crippen LogP contribution in [-0.2, 0) is 20.8 Å². The standard InChI is InChI=1S/C23H36O3/c1-8-12-17(2)20-18(3)21(26-23(6,7)25-20)22(4,5)16-24-15-19-13-10-9-11-14-19/h8-11,13-14,17-18,20-21H,1,12,15-16H2,2-7H3/t17-,18+,20-,21+/m0/s1. The van der Waals surface area contributed by atoms with Crippen LogP contribution < -0.4 is 0 Å². The van der Waals surface area contributed by atoms with Gasteiger partial charge in [0.2, 0.25) is 0 Å². The number of hydrogen-bond donors (Lipinski definition) is 0. The zero-order chi connectivity index (χ0) is 19.4. The molecule has 3 nitrogen and oxygen atoms in total. The maximum Gasteiger partial charge on any atom is 0.163 e. The zero-order valence-corrected chi connectivity index (χ0v) is 17.3. The van der Waals surface area contributed by atoms with Crippen LogP contribution >= 0.6 is 0 Å². The van der Waals surface area contributed by atoms with Crippen molar-refractivity contribution < 1.29 is 14.2 Å². The summed E-state index contributed by atoms with van der Waals surface area (Å²) in [5.74, 6) is 0.107. The van der Waals surface area contributed by atoms with Crippen molar-refractivity contribution in [2.45, 2.75) is 72.6 Å². The third-order valence-electron chi connectivity index (χ3n) is 5.28. The molecule has 0 spiro atoms. The van der Waals surface area contributed by atoms with Crippen LogP contribution in [0.4, 0.5) is 0 Å². The Kier molecular flexibility index (Phi) is 7.06. The Hall–Kier alpha value is -1.16. The Morgan fingerprint density at radius 1 is 1.23 bits per heavy atom. The lowest BCUT2D eigenvalue weighted by Crippen LogP contribution is -2.57. The van der Waals surface area contributed by atoms with Crippen LogP contribution in [0.15, 0.2) is 43.0 Å². The van der Waals surface area contributed by atoms with Gasteiger partial charge in [-0.1, -0.05) is 64.1 Å². The minimum absolute atomic E-state index is 0.0688. The fraction of sp³-hybridized carbons (Fsp3) is 0.652. The number of hydrogen-bond acceptors (Lipinski definition) is 3. The molecule has 26 heavy (non-hydrogen) atoms. The monoisotopic (exact) mass is 360 g/mol. The van der Waals surface area contributed by atoms with Crippen LogP contribution in [0.25, 0.3) is 0 Å². The van der Waals surface area contributed by atoms with E-state index in [0.29, 0.717) is 19.1 Å². The first kappa shape index (κ1) is 21.1. The van der Waals surface area contributed by atoms with Gasteiger partial charge in [-0.2, -0.15) is 0 Å². The minimum Gasteiger partial charge on any atom is -0.376 e.